The Morgan fingerprint density at radius 3 is 2.67 bits per heavy atom. The lowest BCUT2D eigenvalue weighted by Gasteiger charge is -2.46. The van der Waals surface area contributed by atoms with E-state index < -0.39 is 11.0 Å². The number of halogens is 1. The number of anilines is 1. The smallest absolute Gasteiger partial charge is 0.263 e. The lowest BCUT2D eigenvalue weighted by molar-refractivity contribution is 0.0131. The number of ether oxygens (including phenoxy) is 3. The fourth-order valence-corrected chi connectivity index (χ4v) is 8.94. The number of methoxy groups -OCH3 is 2. The van der Waals surface area contributed by atoms with E-state index in [0.717, 1.165) is 68.1 Å². The van der Waals surface area contributed by atoms with Crippen molar-refractivity contribution < 1.29 is 23.2 Å². The Bertz CT molecular complexity index is 1670. The lowest BCUT2D eigenvalue weighted by Crippen LogP contribution is -2.49. The number of hydrogen-bond acceptors (Lipinski definition) is 7. The number of benzene rings is 2. The van der Waals surface area contributed by atoms with Gasteiger partial charge in [-0.15, -0.1) is 0 Å². The van der Waals surface area contributed by atoms with Gasteiger partial charge in [-0.1, -0.05) is 42.8 Å². The molecule has 262 valence electrons. The zero-order valence-electron chi connectivity index (χ0n) is 28.9. The van der Waals surface area contributed by atoms with Crippen molar-refractivity contribution in [2.75, 3.05) is 38.8 Å². The van der Waals surface area contributed by atoms with Gasteiger partial charge in [0.1, 0.15) is 16.7 Å². The highest BCUT2D eigenvalue weighted by atomic mass is 35.5. The van der Waals surface area contributed by atoms with E-state index in [9.17, 15) is 9.00 Å². The molecule has 2 aliphatic heterocycles. The van der Waals surface area contributed by atoms with Crippen molar-refractivity contribution in [3.8, 4) is 11.6 Å². The molecule has 1 amide bonds. The van der Waals surface area contributed by atoms with Crippen LogP contribution in [0, 0.1) is 17.8 Å². The van der Waals surface area contributed by atoms with Gasteiger partial charge in [-0.2, -0.15) is 0 Å². The van der Waals surface area contributed by atoms with Crippen molar-refractivity contribution in [2.45, 2.75) is 69.1 Å². The van der Waals surface area contributed by atoms with Crippen LogP contribution in [-0.2, 0) is 27.6 Å². The van der Waals surface area contributed by atoms with E-state index in [1.54, 1.807) is 32.5 Å². The number of allylic oxidation sites excluding steroid dienone is 1. The standard InChI is InChI=1S/C33H41ClN2O4S.C6H7NO/c1-21-6-4-8-30(39-3)27-12-9-25(27)18-36-19-33(15-5-7-23-16-26(34)11-13-28(23)33)20-40-31-14-10-24(17-29(31)36)32(37)35-41(38)22(21)2;1-8-6-4-2-3-5-7-6/h4,8,10-11,13-14,16-17,21-22,25,27,30H,5-7,9,12,15,18-20H2,1-3H3,(H,35,37);2-5H,1H3/b8-4+;/t21?,22?,25?,27?,30?,33-,41?;/m0./s1. The number of hydrogen-bond donors (Lipinski definition) is 1. The summed E-state index contributed by atoms with van der Waals surface area (Å²) in [6.07, 6.45) is 12.3. The predicted molar refractivity (Wildman–Crippen MR) is 196 cm³/mol. The van der Waals surface area contributed by atoms with E-state index in [4.69, 9.17) is 25.8 Å². The van der Waals surface area contributed by atoms with Gasteiger partial charge in [-0.05, 0) is 111 Å². The molecule has 2 aliphatic carbocycles. The van der Waals surface area contributed by atoms with Gasteiger partial charge in [0.25, 0.3) is 5.91 Å². The van der Waals surface area contributed by atoms with Crippen molar-refractivity contribution in [3.05, 3.63) is 94.7 Å². The zero-order chi connectivity index (χ0) is 34.5. The van der Waals surface area contributed by atoms with Crippen LogP contribution in [0.2, 0.25) is 5.02 Å². The second-order valence-electron chi connectivity index (χ2n) is 13.9. The van der Waals surface area contributed by atoms with Crippen LogP contribution in [0.1, 0.15) is 67.4 Å². The molecule has 7 atom stereocenters. The number of amides is 1. The fraction of sp³-hybridized carbons (Fsp3) is 0.487. The van der Waals surface area contributed by atoms with Crippen molar-refractivity contribution in [3.63, 3.8) is 0 Å². The average Bonchev–Trinajstić information content (AvgIpc) is 3.25. The predicted octanol–water partition coefficient (Wildman–Crippen LogP) is 7.32. The molecule has 2 aromatic carbocycles. The summed E-state index contributed by atoms with van der Waals surface area (Å²) in [4.78, 5) is 19.7. The number of carbonyl (C=O) groups excluding carboxylic acids is 1. The third-order valence-electron chi connectivity index (χ3n) is 10.9. The molecule has 49 heavy (non-hydrogen) atoms. The summed E-state index contributed by atoms with van der Waals surface area (Å²) < 4.78 is 33.3. The van der Waals surface area contributed by atoms with E-state index in [1.807, 2.05) is 37.3 Å². The molecule has 1 N–H and O–H groups in total. The Kier molecular flexibility index (Phi) is 11.3. The minimum Gasteiger partial charge on any atom is -0.490 e. The van der Waals surface area contributed by atoms with Crippen LogP contribution in [0.25, 0.3) is 0 Å². The molecule has 2 bridgehead atoms. The molecule has 1 fully saturated rings. The zero-order valence-corrected chi connectivity index (χ0v) is 30.5. The number of nitrogens with zero attached hydrogens (tertiary/aromatic N) is 2. The molecule has 3 aromatic rings. The maximum absolute atomic E-state index is 13.3. The second kappa shape index (κ2) is 15.7. The summed E-state index contributed by atoms with van der Waals surface area (Å²) in [6.45, 7) is 6.27. The molecule has 1 spiro atoms. The van der Waals surface area contributed by atoms with E-state index in [0.29, 0.717) is 29.9 Å². The first-order chi connectivity index (χ1) is 23.7. The van der Waals surface area contributed by atoms with Gasteiger partial charge in [-0.25, -0.2) is 9.19 Å². The van der Waals surface area contributed by atoms with Crippen LogP contribution in [-0.4, -0.2) is 60.4 Å². The molecular weight excluding hydrogens is 658 g/mol. The first kappa shape index (κ1) is 35.4. The molecule has 0 radical (unpaired) electrons. The average molecular weight is 706 g/mol. The summed E-state index contributed by atoms with van der Waals surface area (Å²) in [5.41, 5.74) is 3.90. The van der Waals surface area contributed by atoms with Gasteiger partial charge in [0.2, 0.25) is 5.88 Å². The summed E-state index contributed by atoms with van der Waals surface area (Å²) in [5, 5.41) is 0.589. The Morgan fingerprint density at radius 1 is 1.10 bits per heavy atom. The molecular formula is C39H48ClN3O5S. The summed E-state index contributed by atoms with van der Waals surface area (Å²) in [5.74, 6) is 2.18. The van der Waals surface area contributed by atoms with Gasteiger partial charge >= 0.3 is 0 Å². The minimum absolute atomic E-state index is 0.0508. The van der Waals surface area contributed by atoms with Crippen LogP contribution in [0.5, 0.6) is 11.6 Å². The largest absolute Gasteiger partial charge is 0.490 e. The Balaban J connectivity index is 0.000000459. The number of aryl methyl sites for hydroxylation is 1. The number of nitrogens with one attached hydrogen (secondary N) is 1. The molecule has 8 nitrogen and oxygen atoms in total. The normalized spacial score (nSPS) is 30.1. The molecule has 6 unspecified atom stereocenters. The Morgan fingerprint density at radius 2 is 1.96 bits per heavy atom. The number of rotatable bonds is 2. The SMILES string of the molecule is COC1/C=C/CC(C)C(C)S(=O)NC(=O)c2ccc3c(c2)N(CC2CCC21)C[C@@]1(CCCc2cc(Cl)ccc21)CO3.COc1ccccn1. The van der Waals surface area contributed by atoms with Crippen LogP contribution < -0.4 is 19.1 Å². The maximum atomic E-state index is 13.3. The van der Waals surface area contributed by atoms with E-state index in [-0.39, 0.29) is 28.6 Å². The van der Waals surface area contributed by atoms with Crippen LogP contribution in [0.4, 0.5) is 5.69 Å². The number of aromatic nitrogens is 1. The highest BCUT2D eigenvalue weighted by Gasteiger charge is 2.44. The molecule has 7 rings (SSSR count). The third kappa shape index (κ3) is 7.84. The third-order valence-corrected chi connectivity index (χ3v) is 12.7. The van der Waals surface area contributed by atoms with E-state index in [2.05, 4.69) is 45.8 Å². The highest BCUT2D eigenvalue weighted by Crippen LogP contribution is 2.47. The number of fused-ring (bicyclic) bond motifs is 4. The molecule has 4 aliphatic rings. The number of carbonyl (C=O) groups is 1. The summed E-state index contributed by atoms with van der Waals surface area (Å²) in [6, 6.07) is 17.5. The first-order valence-electron chi connectivity index (χ1n) is 17.4. The molecule has 0 saturated heterocycles. The van der Waals surface area contributed by atoms with Crippen LogP contribution in [0.15, 0.2) is 72.9 Å². The Labute approximate surface area is 298 Å². The quantitative estimate of drug-likeness (QED) is 0.280. The van der Waals surface area contributed by atoms with E-state index in [1.165, 1.54) is 11.1 Å². The van der Waals surface area contributed by atoms with Crippen molar-refractivity contribution in [1.29, 1.82) is 0 Å². The molecule has 1 aromatic heterocycles. The van der Waals surface area contributed by atoms with Gasteiger partial charge < -0.3 is 19.1 Å². The molecule has 1 saturated carbocycles. The van der Waals surface area contributed by atoms with Crippen molar-refractivity contribution >= 4 is 34.2 Å². The van der Waals surface area contributed by atoms with Crippen molar-refractivity contribution in [1.82, 2.24) is 9.71 Å². The van der Waals surface area contributed by atoms with Gasteiger partial charge in [0.05, 0.1) is 30.8 Å². The summed E-state index contributed by atoms with van der Waals surface area (Å²) in [7, 11) is 1.90. The highest BCUT2D eigenvalue weighted by molar-refractivity contribution is 7.84. The van der Waals surface area contributed by atoms with Gasteiger partial charge in [-0.3, -0.25) is 9.52 Å². The maximum Gasteiger partial charge on any atom is 0.263 e. The second-order valence-corrected chi connectivity index (χ2v) is 15.9. The van der Waals surface area contributed by atoms with Gasteiger partial charge in [0, 0.05) is 48.5 Å². The van der Waals surface area contributed by atoms with Crippen molar-refractivity contribution in [2.24, 2.45) is 17.8 Å². The molecule has 10 heteroatoms. The Hall–Kier alpha value is -3.40. The fourth-order valence-electron chi connectivity index (χ4n) is 7.73. The molecule has 3 heterocycles. The topological polar surface area (TPSA) is 90.0 Å². The van der Waals surface area contributed by atoms with Crippen LogP contribution >= 0.6 is 11.6 Å². The van der Waals surface area contributed by atoms with E-state index >= 15 is 0 Å². The summed E-state index contributed by atoms with van der Waals surface area (Å²) >= 11 is 6.41. The first-order valence-corrected chi connectivity index (χ1v) is 19.0. The lowest BCUT2D eigenvalue weighted by atomic mass is 9.68. The van der Waals surface area contributed by atoms with Crippen LogP contribution in [0.3, 0.4) is 0 Å². The minimum atomic E-state index is -1.50. The van der Waals surface area contributed by atoms with Gasteiger partial charge in [0.15, 0.2) is 0 Å². The monoisotopic (exact) mass is 705 g/mol. The number of pyridine rings is 1.